The van der Waals surface area contributed by atoms with Crippen molar-refractivity contribution in [2.75, 3.05) is 23.5 Å². The van der Waals surface area contributed by atoms with E-state index in [1.807, 2.05) is 18.2 Å². The molecule has 0 radical (unpaired) electrons. The number of ether oxygens (including phenoxy) is 1. The third-order valence-electron chi connectivity index (χ3n) is 5.55. The maximum Gasteiger partial charge on any atom is 0.272 e. The van der Waals surface area contributed by atoms with Crippen LogP contribution in [0.3, 0.4) is 0 Å². The van der Waals surface area contributed by atoms with Crippen molar-refractivity contribution in [3.8, 4) is 5.75 Å². The van der Waals surface area contributed by atoms with E-state index in [4.69, 9.17) is 16.3 Å². The number of carbonyl (C=O) groups is 3. The van der Waals surface area contributed by atoms with Gasteiger partial charge in [0.25, 0.3) is 11.8 Å². The van der Waals surface area contributed by atoms with E-state index in [-0.39, 0.29) is 17.4 Å². The van der Waals surface area contributed by atoms with Crippen molar-refractivity contribution in [1.29, 1.82) is 0 Å². The van der Waals surface area contributed by atoms with Gasteiger partial charge >= 0.3 is 0 Å². The molecule has 0 atom stereocenters. The summed E-state index contributed by atoms with van der Waals surface area (Å²) in [5, 5.41) is 8.93. The van der Waals surface area contributed by atoms with E-state index in [9.17, 15) is 14.4 Å². The van der Waals surface area contributed by atoms with Gasteiger partial charge in [0.1, 0.15) is 11.4 Å². The molecule has 0 aliphatic carbocycles. The Balaban J connectivity index is 1.39. The Morgan fingerprint density at radius 1 is 0.825 bits per heavy atom. The third-order valence-corrected chi connectivity index (χ3v) is 6.81. The molecular formula is C31H26ClN3O4S. The molecule has 0 saturated carbocycles. The number of nitrogens with one attached hydrogen (secondary N) is 3. The van der Waals surface area contributed by atoms with Crippen molar-refractivity contribution in [2.24, 2.45) is 0 Å². The second kappa shape index (κ2) is 14.0. The molecule has 3 N–H and O–H groups in total. The highest BCUT2D eigenvalue weighted by atomic mass is 35.5. The van der Waals surface area contributed by atoms with Gasteiger partial charge in [0, 0.05) is 32.9 Å². The van der Waals surface area contributed by atoms with E-state index in [0.29, 0.717) is 33.3 Å². The zero-order valence-corrected chi connectivity index (χ0v) is 23.1. The molecule has 4 aromatic carbocycles. The van der Waals surface area contributed by atoms with Crippen LogP contribution in [-0.4, -0.2) is 30.6 Å². The van der Waals surface area contributed by atoms with Crippen molar-refractivity contribution < 1.29 is 19.1 Å². The van der Waals surface area contributed by atoms with E-state index < -0.39 is 11.8 Å². The number of methoxy groups -OCH3 is 1. The Labute approximate surface area is 241 Å². The van der Waals surface area contributed by atoms with E-state index in [1.165, 1.54) is 11.8 Å². The van der Waals surface area contributed by atoms with Crippen molar-refractivity contribution in [3.63, 3.8) is 0 Å². The summed E-state index contributed by atoms with van der Waals surface area (Å²) in [6.45, 7) is 0. The topological polar surface area (TPSA) is 96.5 Å². The molecule has 40 heavy (non-hydrogen) atoms. The fourth-order valence-electron chi connectivity index (χ4n) is 3.55. The van der Waals surface area contributed by atoms with E-state index >= 15 is 0 Å². The van der Waals surface area contributed by atoms with Gasteiger partial charge in [-0.15, -0.1) is 11.8 Å². The third kappa shape index (κ3) is 8.49. The van der Waals surface area contributed by atoms with Gasteiger partial charge in [-0.25, -0.2) is 0 Å². The highest BCUT2D eigenvalue weighted by molar-refractivity contribution is 8.00. The summed E-state index contributed by atoms with van der Waals surface area (Å²) in [6.07, 6.45) is 1.58. The summed E-state index contributed by atoms with van der Waals surface area (Å²) in [5.74, 6) is -0.175. The molecule has 0 saturated heterocycles. The minimum Gasteiger partial charge on any atom is -0.497 e. The lowest BCUT2D eigenvalue weighted by molar-refractivity contribution is -0.114. The summed E-state index contributed by atoms with van der Waals surface area (Å²) in [4.78, 5) is 39.2. The molecule has 0 heterocycles. The first-order chi connectivity index (χ1) is 19.4. The number of benzene rings is 4. The summed E-state index contributed by atoms with van der Waals surface area (Å²) < 4.78 is 5.18. The monoisotopic (exact) mass is 571 g/mol. The first-order valence-corrected chi connectivity index (χ1v) is 13.6. The zero-order chi connectivity index (χ0) is 28.3. The molecule has 0 fully saturated rings. The summed E-state index contributed by atoms with van der Waals surface area (Å²) in [5.41, 5.74) is 2.39. The fraction of sp³-hybridized carbons (Fsp3) is 0.0645. The van der Waals surface area contributed by atoms with Crippen LogP contribution in [0.1, 0.15) is 15.9 Å². The lowest BCUT2D eigenvalue weighted by atomic mass is 10.1. The SMILES string of the molecule is COc1cccc(NC(=O)CSc2ccc(NC(=O)/C(=C/c3ccc(Cl)cc3)NC(=O)c3ccccc3)cc2)c1. The number of thioether (sulfide) groups is 1. The molecular weight excluding hydrogens is 546 g/mol. The minimum atomic E-state index is -0.489. The Bertz CT molecular complexity index is 1510. The van der Waals surface area contributed by atoms with Gasteiger partial charge in [-0.1, -0.05) is 48.0 Å². The number of amides is 3. The molecule has 0 aromatic heterocycles. The van der Waals surface area contributed by atoms with Gasteiger partial charge in [-0.2, -0.15) is 0 Å². The van der Waals surface area contributed by atoms with Crippen LogP contribution in [0.5, 0.6) is 5.75 Å². The van der Waals surface area contributed by atoms with Crippen LogP contribution in [0.25, 0.3) is 6.08 Å². The summed E-state index contributed by atoms with van der Waals surface area (Å²) >= 11 is 7.35. The molecule has 202 valence electrons. The Morgan fingerprint density at radius 2 is 1.55 bits per heavy atom. The van der Waals surface area contributed by atoms with Crippen molar-refractivity contribution in [1.82, 2.24) is 5.32 Å². The van der Waals surface area contributed by atoms with Gasteiger partial charge in [-0.05, 0) is 72.3 Å². The number of anilines is 2. The van der Waals surface area contributed by atoms with Crippen LogP contribution >= 0.6 is 23.4 Å². The number of hydrogen-bond acceptors (Lipinski definition) is 5. The molecule has 9 heteroatoms. The first-order valence-electron chi connectivity index (χ1n) is 12.2. The predicted molar refractivity (Wildman–Crippen MR) is 161 cm³/mol. The minimum absolute atomic E-state index is 0.0730. The average molecular weight is 572 g/mol. The smallest absolute Gasteiger partial charge is 0.272 e. The van der Waals surface area contributed by atoms with E-state index in [2.05, 4.69) is 16.0 Å². The molecule has 0 unspecified atom stereocenters. The lowest BCUT2D eigenvalue weighted by Crippen LogP contribution is -2.30. The van der Waals surface area contributed by atoms with Crippen LogP contribution in [0.15, 0.2) is 114 Å². The van der Waals surface area contributed by atoms with Crippen LogP contribution in [0.2, 0.25) is 5.02 Å². The molecule has 4 rings (SSSR count). The molecule has 3 amide bonds. The zero-order valence-electron chi connectivity index (χ0n) is 21.5. The Morgan fingerprint density at radius 3 is 2.25 bits per heavy atom. The van der Waals surface area contributed by atoms with Gasteiger partial charge < -0.3 is 20.7 Å². The first kappa shape index (κ1) is 28.5. The summed E-state index contributed by atoms with van der Waals surface area (Å²) in [6, 6.07) is 29.8. The van der Waals surface area contributed by atoms with Gasteiger partial charge in [0.05, 0.1) is 12.9 Å². The largest absolute Gasteiger partial charge is 0.497 e. The van der Waals surface area contributed by atoms with Gasteiger partial charge in [0.2, 0.25) is 5.91 Å². The Kier molecular flexibility index (Phi) is 9.99. The van der Waals surface area contributed by atoms with Gasteiger partial charge in [-0.3, -0.25) is 14.4 Å². The van der Waals surface area contributed by atoms with E-state index in [1.54, 1.807) is 98.1 Å². The van der Waals surface area contributed by atoms with Crippen LogP contribution in [0.4, 0.5) is 11.4 Å². The fourth-order valence-corrected chi connectivity index (χ4v) is 4.37. The van der Waals surface area contributed by atoms with Gasteiger partial charge in [0.15, 0.2) is 0 Å². The number of halogens is 1. The quantitative estimate of drug-likeness (QED) is 0.149. The predicted octanol–water partition coefficient (Wildman–Crippen LogP) is 6.49. The van der Waals surface area contributed by atoms with Crippen molar-refractivity contribution in [2.45, 2.75) is 4.90 Å². The highest BCUT2D eigenvalue weighted by Crippen LogP contribution is 2.22. The number of carbonyl (C=O) groups excluding carboxylic acids is 3. The van der Waals surface area contributed by atoms with E-state index in [0.717, 1.165) is 4.90 Å². The maximum atomic E-state index is 13.2. The van der Waals surface area contributed by atoms with Crippen LogP contribution < -0.4 is 20.7 Å². The molecule has 4 aromatic rings. The Hall–Kier alpha value is -4.53. The molecule has 0 spiro atoms. The summed E-state index contributed by atoms with van der Waals surface area (Å²) in [7, 11) is 1.57. The molecule has 0 aliphatic heterocycles. The average Bonchev–Trinajstić information content (AvgIpc) is 2.98. The lowest BCUT2D eigenvalue weighted by Gasteiger charge is -2.12. The van der Waals surface area contributed by atoms with Crippen molar-refractivity contribution >= 4 is 58.5 Å². The van der Waals surface area contributed by atoms with Crippen LogP contribution in [-0.2, 0) is 9.59 Å². The second-order valence-electron chi connectivity index (χ2n) is 8.48. The highest BCUT2D eigenvalue weighted by Gasteiger charge is 2.15. The number of rotatable bonds is 10. The molecule has 0 bridgehead atoms. The normalized spacial score (nSPS) is 10.9. The molecule has 0 aliphatic rings. The molecule has 7 nitrogen and oxygen atoms in total. The number of hydrogen-bond donors (Lipinski definition) is 3. The van der Waals surface area contributed by atoms with Crippen LogP contribution in [0, 0.1) is 0 Å². The van der Waals surface area contributed by atoms with Crippen molar-refractivity contribution in [3.05, 3.63) is 125 Å². The standard InChI is InChI=1S/C31H26ClN3O4S/c1-39-26-9-5-8-25(19-26)33-29(36)20-40-27-16-14-24(15-17-27)34-31(38)28(18-21-10-12-23(32)13-11-21)35-30(37)22-6-3-2-4-7-22/h2-19H,20H2,1H3,(H,33,36)(H,34,38)(H,35,37)/b28-18-. The maximum absolute atomic E-state index is 13.2. The second-order valence-corrected chi connectivity index (χ2v) is 9.96.